The number of anilines is 3. The fourth-order valence-corrected chi connectivity index (χ4v) is 5.67. The Hall–Kier alpha value is -3.11. The Bertz CT molecular complexity index is 1310. The molecule has 0 amide bonds. The molecular weight excluding hydrogens is 451 g/mol. The molecule has 0 saturated carbocycles. The third-order valence-corrected chi connectivity index (χ3v) is 7.29. The van der Waals surface area contributed by atoms with Crippen LogP contribution in [0.1, 0.15) is 32.6 Å². The van der Waals surface area contributed by atoms with E-state index in [1.54, 1.807) is 0 Å². The summed E-state index contributed by atoms with van der Waals surface area (Å²) in [5, 5.41) is 3.15. The second-order valence-corrected chi connectivity index (χ2v) is 9.77. The number of thiophene rings is 1. The molecule has 0 bridgehead atoms. The van der Waals surface area contributed by atoms with E-state index >= 15 is 0 Å². The van der Waals surface area contributed by atoms with Crippen LogP contribution in [0.3, 0.4) is 0 Å². The number of nitrogens with one attached hydrogen (secondary N) is 1. The van der Waals surface area contributed by atoms with Crippen molar-refractivity contribution in [3.05, 3.63) is 42.1 Å². The van der Waals surface area contributed by atoms with Gasteiger partial charge >= 0.3 is 0 Å². The summed E-state index contributed by atoms with van der Waals surface area (Å²) in [6, 6.07) is 8.02. The van der Waals surface area contributed by atoms with E-state index < -0.39 is 5.82 Å². The molecular formula is C24H29FN8S. The van der Waals surface area contributed by atoms with Gasteiger partial charge in [0.15, 0.2) is 5.82 Å². The number of hydrogen-bond acceptors (Lipinski definition) is 8. The zero-order valence-electron chi connectivity index (χ0n) is 19.9. The number of nitrogens with zero attached hydrogens (tertiary/aromatic N) is 7. The lowest BCUT2D eigenvalue weighted by molar-refractivity contribution is 0.270. The van der Waals surface area contributed by atoms with Gasteiger partial charge in [0.1, 0.15) is 33.5 Å². The molecule has 1 saturated heterocycles. The second-order valence-electron chi connectivity index (χ2n) is 8.74. The molecule has 4 aromatic heterocycles. The lowest BCUT2D eigenvalue weighted by Crippen LogP contribution is -2.46. The Labute approximate surface area is 202 Å². The third-order valence-electron chi connectivity index (χ3n) is 6.15. The number of piperazine rings is 1. The summed E-state index contributed by atoms with van der Waals surface area (Å²) in [5.41, 5.74) is 1.12. The molecule has 1 aliphatic rings. The first-order chi connectivity index (χ1) is 16.4. The van der Waals surface area contributed by atoms with Crippen molar-refractivity contribution in [1.82, 2.24) is 29.4 Å². The summed E-state index contributed by atoms with van der Waals surface area (Å²) in [6.07, 6.45) is 1.21. The van der Waals surface area contributed by atoms with E-state index in [9.17, 15) is 4.39 Å². The van der Waals surface area contributed by atoms with E-state index in [0.717, 1.165) is 59.6 Å². The molecule has 8 nitrogen and oxygen atoms in total. The van der Waals surface area contributed by atoms with Crippen molar-refractivity contribution in [2.24, 2.45) is 0 Å². The number of hydrogen-bond donors (Lipinski definition) is 1. The predicted octanol–water partition coefficient (Wildman–Crippen LogP) is 4.86. The van der Waals surface area contributed by atoms with Crippen molar-refractivity contribution in [1.29, 1.82) is 0 Å². The van der Waals surface area contributed by atoms with Gasteiger partial charge in [-0.2, -0.15) is 0 Å². The fraction of sp³-hybridized carbons (Fsp3) is 0.417. The maximum Gasteiger partial charge on any atom is 0.229 e. The molecule has 0 spiro atoms. The van der Waals surface area contributed by atoms with Crippen molar-refractivity contribution in [3.8, 4) is 10.6 Å². The molecule has 0 aliphatic carbocycles. The summed E-state index contributed by atoms with van der Waals surface area (Å²) in [4.78, 5) is 24.5. The number of halogens is 1. The molecule has 4 aromatic rings. The van der Waals surface area contributed by atoms with Gasteiger partial charge in [0, 0.05) is 32.2 Å². The van der Waals surface area contributed by atoms with Crippen LogP contribution >= 0.6 is 11.3 Å². The van der Waals surface area contributed by atoms with Crippen molar-refractivity contribution >= 4 is 39.3 Å². The maximum absolute atomic E-state index is 14.7. The number of fused-ring (bicyclic) bond motifs is 1. The minimum Gasteiger partial charge on any atom is -0.354 e. The quantitative estimate of drug-likeness (QED) is 0.422. The highest BCUT2D eigenvalue weighted by atomic mass is 32.1. The molecule has 1 aliphatic heterocycles. The predicted molar refractivity (Wildman–Crippen MR) is 136 cm³/mol. The molecule has 34 heavy (non-hydrogen) atoms. The molecule has 0 aromatic carbocycles. The third kappa shape index (κ3) is 4.35. The first-order valence-corrected chi connectivity index (χ1v) is 12.5. The minimum atomic E-state index is -0.460. The number of aromatic nitrogens is 5. The highest BCUT2D eigenvalue weighted by Gasteiger charge is 2.19. The van der Waals surface area contributed by atoms with E-state index in [0.29, 0.717) is 11.8 Å². The molecule has 0 radical (unpaired) electrons. The van der Waals surface area contributed by atoms with Crippen LogP contribution in [-0.4, -0.2) is 62.1 Å². The standard InChI is InChI=1S/C24H29FN8S/c1-5-31-9-11-32(12-10-31)21-8-6-7-20(28-21)29-24-26-14-17(25)22(30-24)19-13-18-23(34-19)33(15(2)3)16(4)27-18/h6-8,13-15H,5,9-12H2,1-4H3,(H,26,28,29,30). The van der Waals surface area contributed by atoms with Crippen LogP contribution in [0.5, 0.6) is 0 Å². The van der Waals surface area contributed by atoms with Crippen molar-refractivity contribution in [2.75, 3.05) is 42.9 Å². The molecule has 5 rings (SSSR count). The first kappa shape index (κ1) is 22.7. The zero-order chi connectivity index (χ0) is 23.8. The maximum atomic E-state index is 14.7. The van der Waals surface area contributed by atoms with Crippen molar-refractivity contribution in [3.63, 3.8) is 0 Å². The highest BCUT2D eigenvalue weighted by molar-refractivity contribution is 7.21. The molecule has 1 N–H and O–H groups in total. The van der Waals surface area contributed by atoms with Gasteiger partial charge in [0.25, 0.3) is 0 Å². The molecule has 5 heterocycles. The number of likely N-dealkylation sites (N-methyl/N-ethyl adjacent to an activating group) is 1. The molecule has 178 valence electrons. The Morgan fingerprint density at radius 1 is 1.12 bits per heavy atom. The molecule has 1 fully saturated rings. The van der Waals surface area contributed by atoms with E-state index in [-0.39, 0.29) is 11.7 Å². The second kappa shape index (κ2) is 9.27. The Kier molecular flexibility index (Phi) is 6.18. The zero-order valence-corrected chi connectivity index (χ0v) is 20.7. The van der Waals surface area contributed by atoms with Crippen LogP contribution in [0.25, 0.3) is 20.9 Å². The summed E-state index contributed by atoms with van der Waals surface area (Å²) < 4.78 is 16.9. The van der Waals surface area contributed by atoms with Gasteiger partial charge < -0.3 is 19.7 Å². The highest BCUT2D eigenvalue weighted by Crippen LogP contribution is 2.36. The lowest BCUT2D eigenvalue weighted by Gasteiger charge is -2.34. The normalized spacial score (nSPS) is 14.9. The summed E-state index contributed by atoms with van der Waals surface area (Å²) >= 11 is 1.49. The van der Waals surface area contributed by atoms with Crippen LogP contribution in [-0.2, 0) is 0 Å². The van der Waals surface area contributed by atoms with Crippen LogP contribution in [0.4, 0.5) is 22.0 Å². The Balaban J connectivity index is 1.39. The van der Waals surface area contributed by atoms with Gasteiger partial charge in [0.05, 0.1) is 11.1 Å². The molecule has 0 atom stereocenters. The van der Waals surface area contributed by atoms with Crippen LogP contribution in [0, 0.1) is 12.7 Å². The van der Waals surface area contributed by atoms with Crippen LogP contribution < -0.4 is 10.2 Å². The van der Waals surface area contributed by atoms with E-state index in [1.807, 2.05) is 31.2 Å². The topological polar surface area (TPSA) is 75.0 Å². The summed E-state index contributed by atoms with van der Waals surface area (Å²) in [7, 11) is 0. The summed E-state index contributed by atoms with van der Waals surface area (Å²) in [5.74, 6) is 2.35. The lowest BCUT2D eigenvalue weighted by atomic mass is 10.3. The average molecular weight is 481 g/mol. The van der Waals surface area contributed by atoms with E-state index in [1.165, 1.54) is 17.5 Å². The summed E-state index contributed by atoms with van der Waals surface area (Å²) in [6.45, 7) is 13.4. The van der Waals surface area contributed by atoms with Crippen molar-refractivity contribution in [2.45, 2.75) is 33.7 Å². The van der Waals surface area contributed by atoms with Gasteiger partial charge in [-0.05, 0) is 45.5 Å². The molecule has 0 unspecified atom stereocenters. The van der Waals surface area contributed by atoms with Gasteiger partial charge in [-0.15, -0.1) is 11.3 Å². The van der Waals surface area contributed by atoms with Gasteiger partial charge in [-0.1, -0.05) is 13.0 Å². The van der Waals surface area contributed by atoms with Crippen molar-refractivity contribution < 1.29 is 4.39 Å². The number of imidazole rings is 1. The monoisotopic (exact) mass is 480 g/mol. The number of rotatable bonds is 6. The molecule has 10 heteroatoms. The SMILES string of the molecule is CCN1CCN(c2cccc(Nc3ncc(F)c(-c4cc5nc(C)n(C(C)C)c5s4)n3)n2)CC1. The van der Waals surface area contributed by atoms with E-state index in [4.69, 9.17) is 4.98 Å². The fourth-order valence-electron chi connectivity index (χ4n) is 4.40. The number of pyridine rings is 1. The Morgan fingerprint density at radius 2 is 1.91 bits per heavy atom. The minimum absolute atomic E-state index is 0.264. The van der Waals surface area contributed by atoms with Crippen LogP contribution in [0.15, 0.2) is 30.5 Å². The van der Waals surface area contributed by atoms with Gasteiger partial charge in [-0.3, -0.25) is 0 Å². The smallest absolute Gasteiger partial charge is 0.229 e. The van der Waals surface area contributed by atoms with Crippen LogP contribution in [0.2, 0.25) is 0 Å². The number of aryl methyl sites for hydroxylation is 1. The van der Waals surface area contributed by atoms with Gasteiger partial charge in [-0.25, -0.2) is 24.3 Å². The largest absolute Gasteiger partial charge is 0.354 e. The first-order valence-electron chi connectivity index (χ1n) is 11.7. The van der Waals surface area contributed by atoms with E-state index in [2.05, 4.69) is 55.4 Å². The Morgan fingerprint density at radius 3 is 2.65 bits per heavy atom. The van der Waals surface area contributed by atoms with Gasteiger partial charge in [0.2, 0.25) is 5.95 Å². The average Bonchev–Trinajstić information content (AvgIpc) is 3.36.